The van der Waals surface area contributed by atoms with Crippen LogP contribution in [0.25, 0.3) is 0 Å². The molecule has 0 N–H and O–H groups in total. The lowest BCUT2D eigenvalue weighted by Gasteiger charge is -2.32. The molecule has 1 fully saturated rings. The highest BCUT2D eigenvalue weighted by molar-refractivity contribution is 5.30. The minimum absolute atomic E-state index is 0.343. The SMILES string of the molecule is CCCOC1CCCN(Cc2cccnc2C#N)C1. The van der Waals surface area contributed by atoms with Crippen LogP contribution in [0.5, 0.6) is 0 Å². The Morgan fingerprint density at radius 3 is 3.26 bits per heavy atom. The predicted octanol–water partition coefficient (Wildman–Crippen LogP) is 2.34. The minimum Gasteiger partial charge on any atom is -0.377 e. The van der Waals surface area contributed by atoms with Gasteiger partial charge in [-0.1, -0.05) is 13.0 Å². The summed E-state index contributed by atoms with van der Waals surface area (Å²) >= 11 is 0. The molecule has 1 aromatic heterocycles. The highest BCUT2D eigenvalue weighted by atomic mass is 16.5. The highest BCUT2D eigenvalue weighted by Gasteiger charge is 2.21. The molecule has 0 aromatic carbocycles. The van der Waals surface area contributed by atoms with Gasteiger partial charge in [-0.25, -0.2) is 4.98 Å². The van der Waals surface area contributed by atoms with E-state index < -0.39 is 0 Å². The van der Waals surface area contributed by atoms with Crippen LogP contribution in [0.2, 0.25) is 0 Å². The van der Waals surface area contributed by atoms with E-state index in [1.165, 1.54) is 0 Å². The van der Waals surface area contributed by atoms with Crippen molar-refractivity contribution in [3.63, 3.8) is 0 Å². The molecule has 0 saturated carbocycles. The van der Waals surface area contributed by atoms with E-state index in [1.54, 1.807) is 6.20 Å². The van der Waals surface area contributed by atoms with Crippen molar-refractivity contribution in [2.75, 3.05) is 19.7 Å². The van der Waals surface area contributed by atoms with Crippen molar-refractivity contribution in [3.05, 3.63) is 29.6 Å². The normalized spacial score (nSPS) is 20.1. The molecule has 4 heteroatoms. The first-order valence-corrected chi connectivity index (χ1v) is 7.01. The van der Waals surface area contributed by atoms with Crippen LogP contribution < -0.4 is 0 Å². The summed E-state index contributed by atoms with van der Waals surface area (Å²) in [7, 11) is 0. The fourth-order valence-electron chi connectivity index (χ4n) is 2.49. The number of rotatable bonds is 5. The lowest BCUT2D eigenvalue weighted by atomic mass is 10.1. The number of hydrogen-bond donors (Lipinski definition) is 0. The van der Waals surface area contributed by atoms with Crippen LogP contribution >= 0.6 is 0 Å². The maximum absolute atomic E-state index is 9.06. The fourth-order valence-corrected chi connectivity index (χ4v) is 2.49. The van der Waals surface area contributed by atoms with Crippen LogP contribution in [0.3, 0.4) is 0 Å². The number of pyridine rings is 1. The molecule has 1 aliphatic heterocycles. The van der Waals surface area contributed by atoms with Gasteiger partial charge in [0.05, 0.1) is 6.10 Å². The second-order valence-electron chi connectivity index (χ2n) is 4.99. The van der Waals surface area contributed by atoms with Crippen molar-refractivity contribution in [1.82, 2.24) is 9.88 Å². The third-order valence-electron chi connectivity index (χ3n) is 3.41. The maximum Gasteiger partial charge on any atom is 0.144 e. The molecule has 19 heavy (non-hydrogen) atoms. The number of nitriles is 1. The number of piperidine rings is 1. The van der Waals surface area contributed by atoms with Crippen molar-refractivity contribution in [3.8, 4) is 6.07 Å². The molecule has 0 radical (unpaired) electrons. The Kier molecular flexibility index (Phi) is 5.31. The monoisotopic (exact) mass is 259 g/mol. The van der Waals surface area contributed by atoms with Gasteiger partial charge in [0, 0.05) is 31.5 Å². The van der Waals surface area contributed by atoms with Gasteiger partial charge in [-0.2, -0.15) is 5.26 Å². The molecule has 102 valence electrons. The van der Waals surface area contributed by atoms with E-state index in [9.17, 15) is 0 Å². The van der Waals surface area contributed by atoms with Crippen LogP contribution in [0, 0.1) is 11.3 Å². The largest absolute Gasteiger partial charge is 0.377 e. The molecule has 2 rings (SSSR count). The molecule has 1 aliphatic rings. The van der Waals surface area contributed by atoms with Gasteiger partial charge in [-0.05, 0) is 31.9 Å². The number of nitrogens with zero attached hydrogens (tertiary/aromatic N) is 3. The first-order chi connectivity index (χ1) is 9.33. The van der Waals surface area contributed by atoms with Gasteiger partial charge in [0.15, 0.2) is 0 Å². The lowest BCUT2D eigenvalue weighted by molar-refractivity contribution is -0.00227. The molecule has 0 amide bonds. The molecular formula is C15H21N3O. The number of hydrogen-bond acceptors (Lipinski definition) is 4. The summed E-state index contributed by atoms with van der Waals surface area (Å²) in [6, 6.07) is 6.04. The molecule has 1 saturated heterocycles. The Labute approximate surface area is 115 Å². The lowest BCUT2D eigenvalue weighted by Crippen LogP contribution is -2.39. The highest BCUT2D eigenvalue weighted by Crippen LogP contribution is 2.17. The summed E-state index contributed by atoms with van der Waals surface area (Å²) in [4.78, 5) is 6.48. The first-order valence-electron chi connectivity index (χ1n) is 7.01. The zero-order chi connectivity index (χ0) is 13.5. The van der Waals surface area contributed by atoms with Gasteiger partial charge in [0.2, 0.25) is 0 Å². The van der Waals surface area contributed by atoms with Gasteiger partial charge >= 0.3 is 0 Å². The van der Waals surface area contributed by atoms with Crippen LogP contribution in [-0.2, 0) is 11.3 Å². The fraction of sp³-hybridized carbons (Fsp3) is 0.600. The van der Waals surface area contributed by atoms with E-state index in [-0.39, 0.29) is 0 Å². The molecule has 2 heterocycles. The third kappa shape index (κ3) is 4.02. The van der Waals surface area contributed by atoms with Gasteiger partial charge in [0.1, 0.15) is 11.8 Å². The average Bonchev–Trinajstić information content (AvgIpc) is 2.46. The zero-order valence-corrected chi connectivity index (χ0v) is 11.5. The van der Waals surface area contributed by atoms with Gasteiger partial charge in [0.25, 0.3) is 0 Å². The molecule has 0 aliphatic carbocycles. The summed E-state index contributed by atoms with van der Waals surface area (Å²) in [6.07, 6.45) is 5.39. The van der Waals surface area contributed by atoms with E-state index in [1.807, 2.05) is 12.1 Å². The van der Waals surface area contributed by atoms with Gasteiger partial charge < -0.3 is 4.74 Å². The Hall–Kier alpha value is -1.44. The van der Waals surface area contributed by atoms with E-state index in [0.29, 0.717) is 11.8 Å². The summed E-state index contributed by atoms with van der Waals surface area (Å²) in [5.74, 6) is 0. The summed E-state index contributed by atoms with van der Waals surface area (Å²) in [5.41, 5.74) is 1.56. The summed E-state index contributed by atoms with van der Waals surface area (Å²) in [5, 5.41) is 9.06. The topological polar surface area (TPSA) is 49.1 Å². The Morgan fingerprint density at radius 2 is 2.47 bits per heavy atom. The van der Waals surface area contributed by atoms with E-state index in [0.717, 1.165) is 51.1 Å². The summed E-state index contributed by atoms with van der Waals surface area (Å²) < 4.78 is 5.83. The van der Waals surface area contributed by atoms with E-state index in [2.05, 4.69) is 22.9 Å². The molecule has 1 unspecified atom stereocenters. The molecule has 4 nitrogen and oxygen atoms in total. The standard InChI is InChI=1S/C15H21N3O/c1-2-9-19-14-6-4-8-18(12-14)11-13-5-3-7-17-15(13)10-16/h3,5,7,14H,2,4,6,8-9,11-12H2,1H3. The predicted molar refractivity (Wildman–Crippen MR) is 73.5 cm³/mol. The van der Waals surface area contributed by atoms with E-state index >= 15 is 0 Å². The molecule has 0 bridgehead atoms. The first kappa shape index (κ1) is 14.0. The minimum atomic E-state index is 0.343. The Bertz CT molecular complexity index is 441. The summed E-state index contributed by atoms with van der Waals surface area (Å²) in [6.45, 7) is 5.80. The smallest absolute Gasteiger partial charge is 0.144 e. The maximum atomic E-state index is 9.06. The second-order valence-corrected chi connectivity index (χ2v) is 4.99. The van der Waals surface area contributed by atoms with Crippen molar-refractivity contribution in [1.29, 1.82) is 5.26 Å². The van der Waals surface area contributed by atoms with E-state index in [4.69, 9.17) is 10.00 Å². The zero-order valence-electron chi connectivity index (χ0n) is 11.5. The Balaban J connectivity index is 1.93. The molecule has 1 atom stereocenters. The quantitative estimate of drug-likeness (QED) is 0.814. The van der Waals surface area contributed by atoms with Crippen LogP contribution in [-0.4, -0.2) is 35.7 Å². The van der Waals surface area contributed by atoms with Crippen LogP contribution in [0.1, 0.15) is 37.4 Å². The van der Waals surface area contributed by atoms with Crippen LogP contribution in [0.4, 0.5) is 0 Å². The van der Waals surface area contributed by atoms with Crippen LogP contribution in [0.15, 0.2) is 18.3 Å². The molecule has 0 spiro atoms. The van der Waals surface area contributed by atoms with Crippen molar-refractivity contribution >= 4 is 0 Å². The Morgan fingerprint density at radius 1 is 1.58 bits per heavy atom. The average molecular weight is 259 g/mol. The number of aromatic nitrogens is 1. The number of ether oxygens (including phenoxy) is 1. The molecule has 1 aromatic rings. The van der Waals surface area contributed by atoms with Gasteiger partial charge in [-0.3, -0.25) is 4.90 Å². The third-order valence-corrected chi connectivity index (χ3v) is 3.41. The van der Waals surface area contributed by atoms with Crippen molar-refractivity contribution in [2.24, 2.45) is 0 Å². The van der Waals surface area contributed by atoms with Crippen molar-refractivity contribution < 1.29 is 4.74 Å². The van der Waals surface area contributed by atoms with Crippen molar-refractivity contribution in [2.45, 2.75) is 38.8 Å². The van der Waals surface area contributed by atoms with Gasteiger partial charge in [-0.15, -0.1) is 0 Å². The number of likely N-dealkylation sites (tertiary alicyclic amines) is 1. The molecular weight excluding hydrogens is 238 g/mol. The second kappa shape index (κ2) is 7.22.